The van der Waals surface area contributed by atoms with Crippen molar-refractivity contribution >= 4 is 5.69 Å². The summed E-state index contributed by atoms with van der Waals surface area (Å²) in [5, 5.41) is 23.2. The molecule has 1 aliphatic heterocycles. The molecular weight excluding hydrogens is 246 g/mol. The molecule has 0 bridgehead atoms. The van der Waals surface area contributed by atoms with E-state index in [0.717, 1.165) is 25.8 Å². The Morgan fingerprint density at radius 1 is 1.53 bits per heavy atom. The first-order chi connectivity index (χ1) is 9.22. The van der Waals surface area contributed by atoms with E-state index in [0.29, 0.717) is 6.61 Å². The first-order valence-electron chi connectivity index (χ1n) is 6.26. The fraction of sp³-hybridized carbons (Fsp3) is 0.462. The Morgan fingerprint density at radius 2 is 2.37 bits per heavy atom. The lowest BCUT2D eigenvalue weighted by Crippen LogP contribution is -2.38. The van der Waals surface area contributed by atoms with E-state index in [1.807, 2.05) is 6.07 Å². The lowest BCUT2D eigenvalue weighted by atomic mass is 10.1. The minimum Gasteiger partial charge on any atom is -0.490 e. The third-order valence-electron chi connectivity index (χ3n) is 3.17. The quantitative estimate of drug-likeness (QED) is 0.661. The van der Waals surface area contributed by atoms with Gasteiger partial charge in [0.15, 0.2) is 5.56 Å². The van der Waals surface area contributed by atoms with Crippen LogP contribution in [0.5, 0.6) is 5.75 Å². The second-order valence-electron chi connectivity index (χ2n) is 4.48. The van der Waals surface area contributed by atoms with Gasteiger partial charge in [-0.25, -0.2) is 0 Å². The molecule has 1 N–H and O–H groups in total. The molecular formula is C13H15N3O3. The van der Waals surface area contributed by atoms with Crippen LogP contribution in [0.15, 0.2) is 18.2 Å². The Balaban J connectivity index is 2.09. The minimum absolute atomic E-state index is 0.0108. The normalized spacial score (nSPS) is 18.6. The van der Waals surface area contributed by atoms with Crippen LogP contribution >= 0.6 is 0 Å². The van der Waals surface area contributed by atoms with Crippen LogP contribution in [0.1, 0.15) is 24.8 Å². The molecule has 1 aromatic rings. The van der Waals surface area contributed by atoms with Crippen molar-refractivity contribution in [3.8, 4) is 11.8 Å². The van der Waals surface area contributed by atoms with Crippen LogP contribution in [0.2, 0.25) is 0 Å². The monoisotopic (exact) mass is 261 g/mol. The summed E-state index contributed by atoms with van der Waals surface area (Å²) in [5.74, 6) is 0.282. The summed E-state index contributed by atoms with van der Waals surface area (Å²) < 4.78 is 5.57. The smallest absolute Gasteiger partial charge is 0.290 e. The van der Waals surface area contributed by atoms with E-state index in [-0.39, 0.29) is 23.0 Å². The summed E-state index contributed by atoms with van der Waals surface area (Å²) in [5.41, 5.74) is -0.222. The predicted molar refractivity (Wildman–Crippen MR) is 68.9 cm³/mol. The number of hydrogen-bond donors (Lipinski definition) is 1. The van der Waals surface area contributed by atoms with Crippen LogP contribution in [0.4, 0.5) is 5.69 Å². The zero-order valence-corrected chi connectivity index (χ0v) is 10.5. The fourth-order valence-corrected chi connectivity index (χ4v) is 2.16. The predicted octanol–water partition coefficient (Wildman–Crippen LogP) is 1.99. The molecule has 6 heteroatoms. The van der Waals surface area contributed by atoms with Gasteiger partial charge in [-0.15, -0.1) is 0 Å². The van der Waals surface area contributed by atoms with Gasteiger partial charge in [0.25, 0.3) is 5.69 Å². The Hall–Kier alpha value is -2.13. The molecule has 1 atom stereocenters. The molecule has 1 aromatic carbocycles. The van der Waals surface area contributed by atoms with Crippen LogP contribution in [0.25, 0.3) is 0 Å². The molecule has 6 nitrogen and oxygen atoms in total. The average Bonchev–Trinajstić information content (AvgIpc) is 2.45. The maximum absolute atomic E-state index is 10.8. The van der Waals surface area contributed by atoms with E-state index in [1.165, 1.54) is 12.1 Å². The van der Waals surface area contributed by atoms with E-state index in [2.05, 4.69) is 5.32 Å². The first-order valence-corrected chi connectivity index (χ1v) is 6.26. The molecule has 0 spiro atoms. The van der Waals surface area contributed by atoms with Crippen molar-refractivity contribution in [3.05, 3.63) is 33.9 Å². The van der Waals surface area contributed by atoms with E-state index in [9.17, 15) is 10.1 Å². The maximum Gasteiger partial charge on any atom is 0.290 e. The van der Waals surface area contributed by atoms with Crippen LogP contribution in [0, 0.1) is 21.4 Å². The first kappa shape index (κ1) is 13.3. The van der Waals surface area contributed by atoms with Crippen molar-refractivity contribution in [3.63, 3.8) is 0 Å². The van der Waals surface area contributed by atoms with Crippen molar-refractivity contribution in [2.75, 3.05) is 13.2 Å². The van der Waals surface area contributed by atoms with Crippen molar-refractivity contribution in [1.29, 1.82) is 5.26 Å². The van der Waals surface area contributed by atoms with Gasteiger partial charge in [-0.05, 0) is 25.5 Å². The molecule has 0 aromatic heterocycles. The Morgan fingerprint density at radius 3 is 3.00 bits per heavy atom. The minimum atomic E-state index is -0.565. The summed E-state index contributed by atoms with van der Waals surface area (Å²) >= 11 is 0. The summed E-state index contributed by atoms with van der Waals surface area (Å²) in [7, 11) is 0. The largest absolute Gasteiger partial charge is 0.490 e. The zero-order valence-electron chi connectivity index (χ0n) is 10.5. The van der Waals surface area contributed by atoms with Gasteiger partial charge in [-0.1, -0.05) is 12.5 Å². The van der Waals surface area contributed by atoms with E-state index >= 15 is 0 Å². The number of benzene rings is 1. The number of hydrogen-bond acceptors (Lipinski definition) is 5. The van der Waals surface area contributed by atoms with Crippen LogP contribution in [-0.4, -0.2) is 24.1 Å². The third-order valence-corrected chi connectivity index (χ3v) is 3.17. The van der Waals surface area contributed by atoms with E-state index in [4.69, 9.17) is 10.00 Å². The van der Waals surface area contributed by atoms with Crippen LogP contribution < -0.4 is 10.1 Å². The highest BCUT2D eigenvalue weighted by molar-refractivity contribution is 5.56. The molecule has 0 radical (unpaired) electrons. The molecule has 1 unspecified atom stereocenters. The third kappa shape index (κ3) is 3.20. The Kier molecular flexibility index (Phi) is 4.31. The van der Waals surface area contributed by atoms with E-state index in [1.54, 1.807) is 6.07 Å². The van der Waals surface area contributed by atoms with Gasteiger partial charge >= 0.3 is 0 Å². The summed E-state index contributed by atoms with van der Waals surface area (Å²) in [4.78, 5) is 10.3. The second-order valence-corrected chi connectivity index (χ2v) is 4.48. The average molecular weight is 261 g/mol. The summed E-state index contributed by atoms with van der Waals surface area (Å²) in [6, 6.07) is 6.53. The lowest BCUT2D eigenvalue weighted by molar-refractivity contribution is -0.385. The van der Waals surface area contributed by atoms with Crippen molar-refractivity contribution < 1.29 is 9.66 Å². The number of rotatable bonds is 4. The molecule has 19 heavy (non-hydrogen) atoms. The van der Waals surface area contributed by atoms with Gasteiger partial charge in [-0.3, -0.25) is 10.1 Å². The summed E-state index contributed by atoms with van der Waals surface area (Å²) in [6.07, 6.45) is 3.34. The van der Waals surface area contributed by atoms with E-state index < -0.39 is 4.92 Å². The number of nitro benzene ring substituents is 1. The molecule has 1 aliphatic rings. The molecule has 100 valence electrons. The zero-order chi connectivity index (χ0) is 13.7. The SMILES string of the molecule is N#Cc1c(OCC2CCCCN2)cccc1[N+](=O)[O-]. The molecule has 0 amide bonds. The number of nitriles is 1. The van der Waals surface area contributed by atoms with Gasteiger partial charge in [0, 0.05) is 12.1 Å². The number of nitro groups is 1. The molecule has 1 heterocycles. The van der Waals surface area contributed by atoms with Gasteiger partial charge < -0.3 is 10.1 Å². The van der Waals surface area contributed by atoms with Crippen LogP contribution in [-0.2, 0) is 0 Å². The molecule has 2 rings (SSSR count). The number of nitrogens with zero attached hydrogens (tertiary/aromatic N) is 2. The molecule has 1 fully saturated rings. The van der Waals surface area contributed by atoms with Crippen molar-refractivity contribution in [2.24, 2.45) is 0 Å². The topological polar surface area (TPSA) is 88.2 Å². The van der Waals surface area contributed by atoms with Gasteiger partial charge in [-0.2, -0.15) is 5.26 Å². The molecule has 1 saturated heterocycles. The van der Waals surface area contributed by atoms with Crippen LogP contribution in [0.3, 0.4) is 0 Å². The number of nitrogens with one attached hydrogen (secondary N) is 1. The second kappa shape index (κ2) is 6.16. The Bertz CT molecular complexity index is 504. The molecule has 0 aliphatic carbocycles. The highest BCUT2D eigenvalue weighted by Crippen LogP contribution is 2.27. The fourth-order valence-electron chi connectivity index (χ4n) is 2.16. The maximum atomic E-state index is 10.8. The Labute approximate surface area is 111 Å². The number of ether oxygens (including phenoxy) is 1. The van der Waals surface area contributed by atoms with Gasteiger partial charge in [0.2, 0.25) is 0 Å². The molecule has 0 saturated carbocycles. The van der Waals surface area contributed by atoms with Crippen molar-refractivity contribution in [2.45, 2.75) is 25.3 Å². The van der Waals surface area contributed by atoms with Gasteiger partial charge in [0.1, 0.15) is 18.4 Å². The van der Waals surface area contributed by atoms with Gasteiger partial charge in [0.05, 0.1) is 4.92 Å². The highest BCUT2D eigenvalue weighted by atomic mass is 16.6. The van der Waals surface area contributed by atoms with Crippen molar-refractivity contribution in [1.82, 2.24) is 5.32 Å². The summed E-state index contributed by atoms with van der Waals surface area (Å²) in [6.45, 7) is 1.39. The highest BCUT2D eigenvalue weighted by Gasteiger charge is 2.19. The lowest BCUT2D eigenvalue weighted by Gasteiger charge is -2.23. The standard InChI is InChI=1S/C13H15N3O3/c14-8-11-12(16(17)18)5-3-6-13(11)19-9-10-4-1-2-7-15-10/h3,5-6,10,15H,1-2,4,7,9H2. The number of piperidine rings is 1.